The van der Waals surface area contributed by atoms with E-state index in [1.165, 1.54) is 10.5 Å². The summed E-state index contributed by atoms with van der Waals surface area (Å²) in [6.07, 6.45) is -3.61. The number of fused-ring (bicyclic) bond motifs is 1. The number of hydrogen-bond acceptors (Lipinski definition) is 3. The van der Waals surface area contributed by atoms with Crippen LogP contribution in [-0.4, -0.2) is 29.4 Å². The maximum Gasteiger partial charge on any atom is 0.417 e. The van der Waals surface area contributed by atoms with Crippen molar-refractivity contribution in [2.45, 2.75) is 13.1 Å². The number of benzene rings is 1. The SMILES string of the molecule is Cc1nc2ccc(C(F)(F)F)cn2c1C(=O)Nc1ccc(N(C)C)cc1. The number of carbonyl (C=O) groups excluding carboxylic acids is 1. The van der Waals surface area contributed by atoms with Gasteiger partial charge in [-0.15, -0.1) is 0 Å². The minimum Gasteiger partial charge on any atom is -0.378 e. The molecule has 0 aliphatic carbocycles. The predicted octanol–water partition coefficient (Wildman–Crippen LogP) is 3.98. The third-order valence-corrected chi connectivity index (χ3v) is 3.98. The topological polar surface area (TPSA) is 49.6 Å². The average molecular weight is 362 g/mol. The van der Waals surface area contributed by atoms with Gasteiger partial charge in [0.25, 0.3) is 5.91 Å². The molecule has 5 nitrogen and oxygen atoms in total. The number of nitrogens with one attached hydrogen (secondary N) is 1. The quantitative estimate of drug-likeness (QED) is 0.767. The van der Waals surface area contributed by atoms with Crippen LogP contribution in [0.4, 0.5) is 24.5 Å². The lowest BCUT2D eigenvalue weighted by Crippen LogP contribution is -2.16. The summed E-state index contributed by atoms with van der Waals surface area (Å²) in [5, 5.41) is 2.70. The zero-order chi connectivity index (χ0) is 19.1. The molecule has 26 heavy (non-hydrogen) atoms. The summed E-state index contributed by atoms with van der Waals surface area (Å²) in [6.45, 7) is 1.59. The van der Waals surface area contributed by atoms with Crippen molar-refractivity contribution in [3.05, 3.63) is 59.5 Å². The fourth-order valence-electron chi connectivity index (χ4n) is 2.64. The van der Waals surface area contributed by atoms with E-state index in [0.717, 1.165) is 18.0 Å². The second-order valence-corrected chi connectivity index (χ2v) is 6.08. The van der Waals surface area contributed by atoms with Gasteiger partial charge in [0.05, 0.1) is 11.3 Å². The molecule has 1 amide bonds. The van der Waals surface area contributed by atoms with Crippen LogP contribution in [0.15, 0.2) is 42.6 Å². The minimum absolute atomic E-state index is 0.0720. The molecule has 2 heterocycles. The summed E-state index contributed by atoms with van der Waals surface area (Å²) in [4.78, 5) is 18.7. The van der Waals surface area contributed by atoms with Gasteiger partial charge in [-0.3, -0.25) is 9.20 Å². The standard InChI is InChI=1S/C18H17F3N4O/c1-11-16(17(26)23-13-5-7-14(8-6-13)24(2)3)25-10-12(18(19,20)21)4-9-15(25)22-11/h4-10H,1-3H3,(H,23,26). The molecule has 0 spiro atoms. The largest absolute Gasteiger partial charge is 0.417 e. The molecule has 0 radical (unpaired) electrons. The number of aryl methyl sites for hydroxylation is 1. The Morgan fingerprint density at radius 2 is 1.77 bits per heavy atom. The Morgan fingerprint density at radius 1 is 1.12 bits per heavy atom. The molecule has 0 bridgehead atoms. The molecule has 2 aromatic heterocycles. The van der Waals surface area contributed by atoms with Crippen LogP contribution >= 0.6 is 0 Å². The van der Waals surface area contributed by atoms with Crippen molar-refractivity contribution in [1.29, 1.82) is 0 Å². The zero-order valence-electron chi connectivity index (χ0n) is 14.4. The van der Waals surface area contributed by atoms with Crippen molar-refractivity contribution in [3.63, 3.8) is 0 Å². The number of aromatic nitrogens is 2. The van der Waals surface area contributed by atoms with E-state index in [1.54, 1.807) is 19.1 Å². The van der Waals surface area contributed by atoms with Gasteiger partial charge >= 0.3 is 6.18 Å². The van der Waals surface area contributed by atoms with Gasteiger partial charge in [-0.1, -0.05) is 0 Å². The second-order valence-electron chi connectivity index (χ2n) is 6.08. The van der Waals surface area contributed by atoms with Crippen LogP contribution in [0.5, 0.6) is 0 Å². The van der Waals surface area contributed by atoms with E-state index in [4.69, 9.17) is 0 Å². The van der Waals surface area contributed by atoms with Gasteiger partial charge in [-0.2, -0.15) is 13.2 Å². The van der Waals surface area contributed by atoms with Crippen LogP contribution in [0.25, 0.3) is 5.65 Å². The summed E-state index contributed by atoms with van der Waals surface area (Å²) in [5.41, 5.74) is 1.37. The summed E-state index contributed by atoms with van der Waals surface area (Å²) in [7, 11) is 3.79. The summed E-state index contributed by atoms with van der Waals surface area (Å²) >= 11 is 0. The number of nitrogens with zero attached hydrogens (tertiary/aromatic N) is 3. The number of carbonyl (C=O) groups is 1. The monoisotopic (exact) mass is 362 g/mol. The Kier molecular flexibility index (Phi) is 4.35. The molecule has 3 rings (SSSR count). The van der Waals surface area contributed by atoms with Gasteiger partial charge in [0.2, 0.25) is 0 Å². The molecule has 0 aliphatic heterocycles. The van der Waals surface area contributed by atoms with Crippen LogP contribution in [-0.2, 0) is 6.18 Å². The average Bonchev–Trinajstić information content (AvgIpc) is 2.89. The van der Waals surface area contributed by atoms with Crippen molar-refractivity contribution in [2.24, 2.45) is 0 Å². The lowest BCUT2D eigenvalue weighted by Gasteiger charge is -2.13. The Labute approximate surface area is 148 Å². The van der Waals surface area contributed by atoms with Gasteiger partial charge in [-0.25, -0.2) is 4.98 Å². The Hall–Kier alpha value is -3.03. The molecule has 0 unspecified atom stereocenters. The first kappa shape index (κ1) is 17.8. The highest BCUT2D eigenvalue weighted by Gasteiger charge is 2.31. The third-order valence-electron chi connectivity index (χ3n) is 3.98. The van der Waals surface area contributed by atoms with Gasteiger partial charge in [0, 0.05) is 31.7 Å². The molecule has 0 aliphatic rings. The van der Waals surface area contributed by atoms with E-state index in [9.17, 15) is 18.0 Å². The number of pyridine rings is 1. The summed E-state index contributed by atoms with van der Waals surface area (Å²) in [6, 6.07) is 9.32. The molecule has 3 aromatic rings. The Morgan fingerprint density at radius 3 is 2.35 bits per heavy atom. The van der Waals surface area contributed by atoms with Crippen LogP contribution in [0.2, 0.25) is 0 Å². The van der Waals surface area contributed by atoms with Crippen molar-refractivity contribution in [2.75, 3.05) is 24.3 Å². The van der Waals surface area contributed by atoms with Crippen LogP contribution < -0.4 is 10.2 Å². The first-order valence-corrected chi connectivity index (χ1v) is 7.81. The van der Waals surface area contributed by atoms with Crippen LogP contribution in [0.3, 0.4) is 0 Å². The minimum atomic E-state index is -4.50. The van der Waals surface area contributed by atoms with Crippen LogP contribution in [0, 0.1) is 6.92 Å². The molecule has 1 N–H and O–H groups in total. The summed E-state index contributed by atoms with van der Waals surface area (Å²) < 4.78 is 40.1. The second kappa shape index (κ2) is 6.36. The molecule has 0 fully saturated rings. The number of hydrogen-bond donors (Lipinski definition) is 1. The van der Waals surface area contributed by atoms with E-state index in [-0.39, 0.29) is 11.3 Å². The highest BCUT2D eigenvalue weighted by Crippen LogP contribution is 2.30. The molecule has 1 aromatic carbocycles. The first-order chi connectivity index (χ1) is 12.2. The molecular weight excluding hydrogens is 345 g/mol. The number of halogens is 3. The Bertz CT molecular complexity index is 959. The smallest absolute Gasteiger partial charge is 0.378 e. The van der Waals surface area contributed by atoms with E-state index in [1.807, 2.05) is 31.1 Å². The van der Waals surface area contributed by atoms with Crippen molar-refractivity contribution in [3.8, 4) is 0 Å². The summed E-state index contributed by atoms with van der Waals surface area (Å²) in [5.74, 6) is -0.521. The molecule has 0 atom stereocenters. The fourth-order valence-corrected chi connectivity index (χ4v) is 2.64. The van der Waals surface area contributed by atoms with Gasteiger partial charge < -0.3 is 10.2 Å². The molecular formula is C18H17F3N4O. The molecule has 8 heteroatoms. The van der Waals surface area contributed by atoms with Gasteiger partial charge in [0.15, 0.2) is 0 Å². The van der Waals surface area contributed by atoms with Crippen molar-refractivity contribution in [1.82, 2.24) is 9.38 Å². The van der Waals surface area contributed by atoms with E-state index in [0.29, 0.717) is 11.4 Å². The van der Waals surface area contributed by atoms with Crippen LogP contribution in [0.1, 0.15) is 21.7 Å². The molecule has 136 valence electrons. The van der Waals surface area contributed by atoms with Gasteiger partial charge in [0.1, 0.15) is 11.3 Å². The maximum absolute atomic E-state index is 13.0. The van der Waals surface area contributed by atoms with Crippen molar-refractivity contribution >= 4 is 22.9 Å². The van der Waals surface area contributed by atoms with E-state index < -0.39 is 17.6 Å². The van der Waals surface area contributed by atoms with Crippen molar-refractivity contribution < 1.29 is 18.0 Å². The molecule has 0 saturated heterocycles. The zero-order valence-corrected chi connectivity index (χ0v) is 14.4. The number of anilines is 2. The third kappa shape index (κ3) is 3.35. The maximum atomic E-state index is 13.0. The van der Waals surface area contributed by atoms with E-state index in [2.05, 4.69) is 10.3 Å². The highest BCUT2D eigenvalue weighted by atomic mass is 19.4. The number of rotatable bonds is 3. The number of imidazole rings is 1. The fraction of sp³-hybridized carbons (Fsp3) is 0.222. The Balaban J connectivity index is 1.95. The van der Waals surface area contributed by atoms with Gasteiger partial charge in [-0.05, 0) is 43.3 Å². The number of amides is 1. The normalized spacial score (nSPS) is 11.6. The lowest BCUT2D eigenvalue weighted by molar-refractivity contribution is -0.137. The number of alkyl halides is 3. The molecule has 0 saturated carbocycles. The predicted molar refractivity (Wildman–Crippen MR) is 93.7 cm³/mol. The highest BCUT2D eigenvalue weighted by molar-refractivity contribution is 6.04. The van der Waals surface area contributed by atoms with E-state index >= 15 is 0 Å². The lowest BCUT2D eigenvalue weighted by atomic mass is 10.2. The first-order valence-electron chi connectivity index (χ1n) is 7.81.